The maximum atomic E-state index is 10.7. The van der Waals surface area contributed by atoms with Gasteiger partial charge in [0.25, 0.3) is 0 Å². The molecule has 4 N–H and O–H groups in total. The van der Waals surface area contributed by atoms with Crippen LogP contribution in [0.3, 0.4) is 0 Å². The summed E-state index contributed by atoms with van der Waals surface area (Å²) in [5.74, 6) is 0.193. The predicted octanol–water partition coefficient (Wildman–Crippen LogP) is -0.252. The van der Waals surface area contributed by atoms with Crippen LogP contribution in [0.4, 0.5) is 5.82 Å². The Morgan fingerprint density at radius 3 is 3.08 bits per heavy atom. The highest BCUT2D eigenvalue weighted by Gasteiger charge is 1.95. The van der Waals surface area contributed by atoms with Gasteiger partial charge in [0.05, 0.1) is 0 Å². The molecule has 0 aromatic carbocycles. The third kappa shape index (κ3) is 2.72. The summed E-state index contributed by atoms with van der Waals surface area (Å²) in [5.41, 5.74) is 5.64. The van der Waals surface area contributed by atoms with E-state index in [1.165, 1.54) is 6.20 Å². The highest BCUT2D eigenvalue weighted by molar-refractivity contribution is 5.59. The van der Waals surface area contributed by atoms with E-state index in [1.807, 2.05) is 0 Å². The molecule has 1 heterocycles. The highest BCUT2D eigenvalue weighted by Crippen LogP contribution is 2.05. The van der Waals surface area contributed by atoms with Crippen molar-refractivity contribution < 1.29 is 5.11 Å². The van der Waals surface area contributed by atoms with Crippen molar-refractivity contribution in [1.82, 2.24) is 9.97 Å². The third-order valence-electron chi connectivity index (χ3n) is 1.46. The standard InChI is InChI=1S/C8H11N3O2/c9-7-6(3-1-2-4-12)5-10-8(13)11-7/h1,3,5,12H,2,4H2,(H3,9,10,11,13)/b3-1+. The number of aromatic nitrogens is 2. The third-order valence-corrected chi connectivity index (χ3v) is 1.46. The van der Waals surface area contributed by atoms with E-state index in [9.17, 15) is 4.79 Å². The Bertz CT molecular complexity index is 357. The van der Waals surface area contributed by atoms with Crippen molar-refractivity contribution >= 4 is 11.9 Å². The quantitative estimate of drug-likeness (QED) is 0.599. The summed E-state index contributed by atoms with van der Waals surface area (Å²) in [7, 11) is 0. The first kappa shape index (κ1) is 9.47. The van der Waals surface area contributed by atoms with Crippen molar-refractivity contribution in [2.75, 3.05) is 12.3 Å². The van der Waals surface area contributed by atoms with E-state index in [4.69, 9.17) is 10.8 Å². The van der Waals surface area contributed by atoms with E-state index in [1.54, 1.807) is 12.2 Å². The van der Waals surface area contributed by atoms with E-state index in [0.717, 1.165) is 0 Å². The van der Waals surface area contributed by atoms with Gasteiger partial charge in [0, 0.05) is 18.4 Å². The molecule has 1 aromatic heterocycles. The van der Waals surface area contributed by atoms with Crippen molar-refractivity contribution in [2.24, 2.45) is 0 Å². The van der Waals surface area contributed by atoms with Crippen molar-refractivity contribution in [3.8, 4) is 0 Å². The van der Waals surface area contributed by atoms with Gasteiger partial charge in [-0.15, -0.1) is 0 Å². The molecule has 0 atom stereocenters. The zero-order valence-corrected chi connectivity index (χ0v) is 7.03. The predicted molar refractivity (Wildman–Crippen MR) is 50.0 cm³/mol. The molecule has 5 heteroatoms. The fourth-order valence-corrected chi connectivity index (χ4v) is 0.838. The van der Waals surface area contributed by atoms with Gasteiger partial charge >= 0.3 is 5.69 Å². The lowest BCUT2D eigenvalue weighted by Crippen LogP contribution is -2.12. The van der Waals surface area contributed by atoms with Gasteiger partial charge in [0.2, 0.25) is 0 Å². The maximum absolute atomic E-state index is 10.7. The summed E-state index contributed by atoms with van der Waals surface area (Å²) < 4.78 is 0. The smallest absolute Gasteiger partial charge is 0.346 e. The van der Waals surface area contributed by atoms with Crippen molar-refractivity contribution in [2.45, 2.75) is 6.42 Å². The molecule has 0 saturated carbocycles. The average molecular weight is 181 g/mol. The number of anilines is 1. The number of aromatic amines is 1. The van der Waals surface area contributed by atoms with E-state index in [0.29, 0.717) is 12.0 Å². The summed E-state index contributed by atoms with van der Waals surface area (Å²) in [6, 6.07) is 0. The Balaban J connectivity index is 2.83. The first-order valence-corrected chi connectivity index (χ1v) is 3.86. The monoisotopic (exact) mass is 181 g/mol. The molecule has 0 aliphatic heterocycles. The molecule has 13 heavy (non-hydrogen) atoms. The molecular weight excluding hydrogens is 170 g/mol. The zero-order valence-electron chi connectivity index (χ0n) is 7.03. The lowest BCUT2D eigenvalue weighted by molar-refractivity contribution is 0.303. The van der Waals surface area contributed by atoms with Gasteiger partial charge in [-0.2, -0.15) is 4.98 Å². The molecule has 1 aromatic rings. The van der Waals surface area contributed by atoms with Crippen LogP contribution in [0.15, 0.2) is 17.1 Å². The van der Waals surface area contributed by atoms with Crippen LogP contribution in [0.5, 0.6) is 0 Å². The van der Waals surface area contributed by atoms with E-state index >= 15 is 0 Å². The van der Waals surface area contributed by atoms with E-state index in [-0.39, 0.29) is 12.4 Å². The van der Waals surface area contributed by atoms with Gasteiger partial charge in [-0.3, -0.25) is 0 Å². The molecule has 0 fully saturated rings. The lowest BCUT2D eigenvalue weighted by Gasteiger charge is -1.95. The van der Waals surface area contributed by atoms with Gasteiger partial charge in [0.15, 0.2) is 0 Å². The molecule has 0 bridgehead atoms. The summed E-state index contributed by atoms with van der Waals surface area (Å²) in [6.45, 7) is 0.0905. The van der Waals surface area contributed by atoms with Gasteiger partial charge in [-0.05, 0) is 6.42 Å². The Morgan fingerprint density at radius 1 is 1.69 bits per heavy atom. The second-order valence-corrected chi connectivity index (χ2v) is 2.46. The fourth-order valence-electron chi connectivity index (χ4n) is 0.838. The number of nitrogens with two attached hydrogens (primary N) is 1. The number of H-pyrrole nitrogens is 1. The van der Waals surface area contributed by atoms with Crippen LogP contribution in [0.25, 0.3) is 6.08 Å². The van der Waals surface area contributed by atoms with E-state index < -0.39 is 5.69 Å². The Morgan fingerprint density at radius 2 is 2.46 bits per heavy atom. The molecule has 0 aliphatic rings. The molecule has 5 nitrogen and oxygen atoms in total. The first-order valence-electron chi connectivity index (χ1n) is 3.86. The minimum Gasteiger partial charge on any atom is -0.396 e. The number of nitrogens with one attached hydrogen (secondary N) is 1. The number of hydrogen-bond acceptors (Lipinski definition) is 4. The van der Waals surface area contributed by atoms with Gasteiger partial charge < -0.3 is 15.8 Å². The topological polar surface area (TPSA) is 92.0 Å². The second-order valence-electron chi connectivity index (χ2n) is 2.46. The maximum Gasteiger partial charge on any atom is 0.346 e. The summed E-state index contributed by atoms with van der Waals surface area (Å²) >= 11 is 0. The largest absolute Gasteiger partial charge is 0.396 e. The van der Waals surface area contributed by atoms with E-state index in [2.05, 4.69) is 9.97 Å². The number of nitrogen functional groups attached to an aromatic ring is 1. The Kier molecular flexibility index (Phi) is 3.22. The van der Waals surface area contributed by atoms with Crippen LogP contribution in [0, 0.1) is 0 Å². The SMILES string of the molecule is Nc1nc(=O)[nH]cc1/C=C/CCO. The molecule has 70 valence electrons. The molecular formula is C8H11N3O2. The fraction of sp³-hybridized carbons (Fsp3) is 0.250. The molecule has 1 rings (SSSR count). The summed E-state index contributed by atoms with van der Waals surface area (Å²) in [6.07, 6.45) is 5.50. The molecule has 0 saturated heterocycles. The van der Waals surface area contributed by atoms with Crippen LogP contribution in [-0.4, -0.2) is 21.7 Å². The zero-order chi connectivity index (χ0) is 9.68. The van der Waals surface area contributed by atoms with Crippen molar-refractivity contribution in [1.29, 1.82) is 0 Å². The van der Waals surface area contributed by atoms with Crippen LogP contribution in [0.1, 0.15) is 12.0 Å². The lowest BCUT2D eigenvalue weighted by atomic mass is 10.2. The van der Waals surface area contributed by atoms with Gasteiger partial charge in [-0.1, -0.05) is 12.2 Å². The molecule has 0 aliphatic carbocycles. The minimum absolute atomic E-state index is 0.0905. The Hall–Kier alpha value is -1.62. The number of nitrogens with zero attached hydrogens (tertiary/aromatic N) is 1. The van der Waals surface area contributed by atoms with Gasteiger partial charge in [-0.25, -0.2) is 4.79 Å². The van der Waals surface area contributed by atoms with Crippen LogP contribution >= 0.6 is 0 Å². The number of rotatable bonds is 3. The van der Waals surface area contributed by atoms with Crippen molar-refractivity contribution in [3.63, 3.8) is 0 Å². The molecule has 0 unspecified atom stereocenters. The van der Waals surface area contributed by atoms with Crippen LogP contribution in [-0.2, 0) is 0 Å². The Labute approximate surface area is 74.9 Å². The molecule has 0 spiro atoms. The van der Waals surface area contributed by atoms with Crippen molar-refractivity contribution in [3.05, 3.63) is 28.3 Å². The normalized spacial score (nSPS) is 10.8. The highest BCUT2D eigenvalue weighted by atomic mass is 16.2. The first-order chi connectivity index (χ1) is 6.24. The minimum atomic E-state index is -0.461. The summed E-state index contributed by atoms with van der Waals surface area (Å²) in [4.78, 5) is 16.6. The molecule has 0 radical (unpaired) electrons. The number of aliphatic hydroxyl groups is 1. The average Bonchev–Trinajstić information content (AvgIpc) is 2.09. The number of hydrogen-bond donors (Lipinski definition) is 3. The van der Waals surface area contributed by atoms with Crippen LogP contribution in [0.2, 0.25) is 0 Å². The van der Waals surface area contributed by atoms with Gasteiger partial charge in [0.1, 0.15) is 5.82 Å². The molecule has 0 amide bonds. The summed E-state index contributed by atoms with van der Waals surface area (Å²) in [5, 5.41) is 8.50. The second kappa shape index (κ2) is 4.42. The number of aliphatic hydroxyl groups excluding tert-OH is 1. The van der Waals surface area contributed by atoms with Crippen LogP contribution < -0.4 is 11.4 Å².